The zero-order valence-electron chi connectivity index (χ0n) is 9.07. The van der Waals surface area contributed by atoms with Gasteiger partial charge >= 0.3 is 0 Å². The molecule has 3 nitrogen and oxygen atoms in total. The highest BCUT2D eigenvalue weighted by atomic mass is 35.5. The molecule has 4 heteroatoms. The van der Waals surface area contributed by atoms with Gasteiger partial charge < -0.3 is 4.74 Å². The molecule has 3 N–H and O–H groups in total. The number of hydrazine groups is 1. The lowest BCUT2D eigenvalue weighted by Gasteiger charge is -2.11. The van der Waals surface area contributed by atoms with E-state index >= 15 is 0 Å². The number of ether oxygens (including phenoxy) is 1. The average Bonchev–Trinajstić information content (AvgIpc) is 2.30. The predicted molar refractivity (Wildman–Crippen MR) is 68.8 cm³/mol. The third kappa shape index (κ3) is 2.27. The summed E-state index contributed by atoms with van der Waals surface area (Å²) in [6.07, 6.45) is 0. The van der Waals surface area contributed by atoms with Crippen molar-refractivity contribution >= 4 is 23.2 Å². The lowest BCUT2D eigenvalue weighted by atomic mass is 10.0. The molecule has 2 aromatic carbocycles. The van der Waals surface area contributed by atoms with Gasteiger partial charge in [0.25, 0.3) is 0 Å². The Bertz CT molecular complexity index is 474. The van der Waals surface area contributed by atoms with E-state index in [0.29, 0.717) is 6.54 Å². The van der Waals surface area contributed by atoms with Gasteiger partial charge in [0, 0.05) is 12.1 Å². The van der Waals surface area contributed by atoms with E-state index in [2.05, 4.69) is 17.6 Å². The molecular formula is C12H15ClN2O. The van der Waals surface area contributed by atoms with Crippen molar-refractivity contribution in [3.63, 3.8) is 0 Å². The Balaban J connectivity index is 0.00000128. The first-order valence-corrected chi connectivity index (χ1v) is 4.85. The van der Waals surface area contributed by atoms with Gasteiger partial charge in [-0.15, -0.1) is 12.4 Å². The predicted octanol–water partition coefficient (Wildman–Crippen LogP) is 2.23. The molecule has 0 aliphatic heterocycles. The quantitative estimate of drug-likeness (QED) is 0.637. The van der Waals surface area contributed by atoms with Crippen molar-refractivity contribution in [2.45, 2.75) is 6.54 Å². The number of nitrogens with two attached hydrogens (primary N) is 1. The Labute approximate surface area is 101 Å². The minimum Gasteiger partial charge on any atom is -0.496 e. The van der Waals surface area contributed by atoms with E-state index in [0.717, 1.165) is 11.3 Å². The fraction of sp³-hybridized carbons (Fsp3) is 0.167. The van der Waals surface area contributed by atoms with Gasteiger partial charge in [0.05, 0.1) is 7.11 Å². The van der Waals surface area contributed by atoms with Crippen LogP contribution in [0.15, 0.2) is 36.4 Å². The molecule has 0 bridgehead atoms. The maximum Gasteiger partial charge on any atom is 0.124 e. The number of hydrogen-bond donors (Lipinski definition) is 2. The smallest absolute Gasteiger partial charge is 0.124 e. The van der Waals surface area contributed by atoms with Crippen LogP contribution in [-0.2, 0) is 6.54 Å². The number of hydrogen-bond acceptors (Lipinski definition) is 3. The Morgan fingerprint density at radius 2 is 1.94 bits per heavy atom. The zero-order valence-corrected chi connectivity index (χ0v) is 9.88. The van der Waals surface area contributed by atoms with Gasteiger partial charge in [-0.2, -0.15) is 0 Å². The van der Waals surface area contributed by atoms with Gasteiger partial charge in [0.1, 0.15) is 5.75 Å². The summed E-state index contributed by atoms with van der Waals surface area (Å²) in [5.74, 6) is 6.24. The second kappa shape index (κ2) is 5.70. The first kappa shape index (κ1) is 12.8. The summed E-state index contributed by atoms with van der Waals surface area (Å²) in [6, 6.07) is 12.2. The zero-order chi connectivity index (χ0) is 10.7. The van der Waals surface area contributed by atoms with Crippen LogP contribution in [0.1, 0.15) is 5.56 Å². The molecule has 0 aromatic heterocycles. The van der Waals surface area contributed by atoms with Crippen molar-refractivity contribution in [3.05, 3.63) is 42.0 Å². The molecule has 86 valence electrons. The molecule has 0 spiro atoms. The third-order valence-corrected chi connectivity index (χ3v) is 2.50. The summed E-state index contributed by atoms with van der Waals surface area (Å²) in [5, 5.41) is 2.37. The molecule has 0 heterocycles. The molecule has 2 rings (SSSR count). The molecule has 0 aliphatic rings. The van der Waals surface area contributed by atoms with Gasteiger partial charge in [-0.1, -0.05) is 30.3 Å². The molecule has 0 fully saturated rings. The Morgan fingerprint density at radius 3 is 2.62 bits per heavy atom. The molecule has 0 amide bonds. The molecule has 0 saturated carbocycles. The highest BCUT2D eigenvalue weighted by Crippen LogP contribution is 2.27. The molecule has 0 unspecified atom stereocenters. The van der Waals surface area contributed by atoms with Crippen molar-refractivity contribution in [1.82, 2.24) is 5.43 Å². The van der Waals surface area contributed by atoms with Crippen LogP contribution in [0, 0.1) is 0 Å². The molecular weight excluding hydrogens is 224 g/mol. The minimum absolute atomic E-state index is 0. The summed E-state index contributed by atoms with van der Waals surface area (Å²) < 4.78 is 5.31. The van der Waals surface area contributed by atoms with E-state index in [1.807, 2.05) is 24.3 Å². The summed E-state index contributed by atoms with van der Waals surface area (Å²) in [7, 11) is 1.67. The normalized spacial score (nSPS) is 9.88. The summed E-state index contributed by atoms with van der Waals surface area (Å²) >= 11 is 0. The van der Waals surface area contributed by atoms with Gasteiger partial charge in [-0.3, -0.25) is 11.3 Å². The lowest BCUT2D eigenvalue weighted by Crippen LogP contribution is -2.21. The highest BCUT2D eigenvalue weighted by Gasteiger charge is 2.06. The molecule has 16 heavy (non-hydrogen) atoms. The minimum atomic E-state index is 0. The van der Waals surface area contributed by atoms with E-state index in [9.17, 15) is 0 Å². The second-order valence-electron chi connectivity index (χ2n) is 3.35. The first-order chi connectivity index (χ1) is 7.36. The summed E-state index contributed by atoms with van der Waals surface area (Å²) in [4.78, 5) is 0. The number of benzene rings is 2. The summed E-state index contributed by atoms with van der Waals surface area (Å²) in [5.41, 5.74) is 3.77. The van der Waals surface area contributed by atoms with E-state index < -0.39 is 0 Å². The summed E-state index contributed by atoms with van der Waals surface area (Å²) in [6.45, 7) is 0.602. The Hall–Kier alpha value is -1.29. The van der Waals surface area contributed by atoms with Gasteiger partial charge in [0.2, 0.25) is 0 Å². The van der Waals surface area contributed by atoms with Crippen molar-refractivity contribution in [3.8, 4) is 5.75 Å². The molecule has 2 aromatic rings. The van der Waals surface area contributed by atoms with E-state index in [1.165, 1.54) is 10.8 Å². The van der Waals surface area contributed by atoms with Gasteiger partial charge in [-0.05, 0) is 16.8 Å². The monoisotopic (exact) mass is 238 g/mol. The number of halogens is 1. The van der Waals surface area contributed by atoms with Crippen LogP contribution in [-0.4, -0.2) is 7.11 Å². The topological polar surface area (TPSA) is 47.3 Å². The first-order valence-electron chi connectivity index (χ1n) is 4.85. The average molecular weight is 239 g/mol. The maximum absolute atomic E-state index is 5.37. The van der Waals surface area contributed by atoms with Crippen LogP contribution in [0.25, 0.3) is 10.8 Å². The van der Waals surface area contributed by atoms with Crippen molar-refractivity contribution in [2.75, 3.05) is 7.11 Å². The van der Waals surface area contributed by atoms with Crippen LogP contribution in [0.5, 0.6) is 5.75 Å². The van der Waals surface area contributed by atoms with Crippen LogP contribution in [0.3, 0.4) is 0 Å². The third-order valence-electron chi connectivity index (χ3n) is 2.50. The standard InChI is InChI=1S/C12H14N2O.ClH/c1-15-12-7-6-9-4-2-3-5-10(9)11(12)8-14-13;/h2-7,14H,8,13H2,1H3;1H. The fourth-order valence-electron chi connectivity index (χ4n) is 1.79. The molecule has 0 radical (unpaired) electrons. The number of fused-ring (bicyclic) bond motifs is 1. The Morgan fingerprint density at radius 1 is 1.19 bits per heavy atom. The molecule has 0 atom stereocenters. The molecule has 0 saturated heterocycles. The van der Waals surface area contributed by atoms with E-state index in [1.54, 1.807) is 7.11 Å². The van der Waals surface area contributed by atoms with Crippen molar-refractivity contribution in [2.24, 2.45) is 5.84 Å². The lowest BCUT2D eigenvalue weighted by molar-refractivity contribution is 0.409. The maximum atomic E-state index is 5.37. The van der Waals surface area contributed by atoms with Crippen LogP contribution < -0.4 is 16.0 Å². The van der Waals surface area contributed by atoms with Crippen LogP contribution >= 0.6 is 12.4 Å². The van der Waals surface area contributed by atoms with Crippen LogP contribution in [0.4, 0.5) is 0 Å². The number of methoxy groups -OCH3 is 1. The van der Waals surface area contributed by atoms with Crippen molar-refractivity contribution in [1.29, 1.82) is 0 Å². The highest BCUT2D eigenvalue weighted by molar-refractivity contribution is 5.87. The van der Waals surface area contributed by atoms with Gasteiger partial charge in [-0.25, -0.2) is 0 Å². The van der Waals surface area contributed by atoms with E-state index in [-0.39, 0.29) is 12.4 Å². The molecule has 0 aliphatic carbocycles. The van der Waals surface area contributed by atoms with Gasteiger partial charge in [0.15, 0.2) is 0 Å². The second-order valence-corrected chi connectivity index (χ2v) is 3.35. The van der Waals surface area contributed by atoms with E-state index in [4.69, 9.17) is 10.6 Å². The van der Waals surface area contributed by atoms with Crippen molar-refractivity contribution < 1.29 is 4.74 Å². The fourth-order valence-corrected chi connectivity index (χ4v) is 1.79. The number of rotatable bonds is 3. The number of nitrogens with one attached hydrogen (secondary N) is 1. The largest absolute Gasteiger partial charge is 0.496 e. The SMILES string of the molecule is COc1ccc2ccccc2c1CNN.Cl. The Kier molecular flexibility index (Phi) is 4.55. The van der Waals surface area contributed by atoms with Crippen LogP contribution in [0.2, 0.25) is 0 Å².